The van der Waals surface area contributed by atoms with Crippen LogP contribution in [0.25, 0.3) is 17.0 Å². The Morgan fingerprint density at radius 3 is 2.34 bits per heavy atom. The van der Waals surface area contributed by atoms with Gasteiger partial charge in [0.15, 0.2) is 5.11 Å². The molecule has 5 nitrogen and oxygen atoms in total. The molecule has 1 aromatic heterocycles. The SMILES string of the molecule is CC1=C(c2nc(-c3ccccc3)no2)C(c2ccc(C)c(C)c2)NC(=S)N1CCc1ccccc1. The molecule has 0 amide bonds. The van der Waals surface area contributed by atoms with Gasteiger partial charge < -0.3 is 14.7 Å². The maximum absolute atomic E-state index is 5.85. The average molecular weight is 481 g/mol. The van der Waals surface area contributed by atoms with Gasteiger partial charge in [-0.3, -0.25) is 0 Å². The molecule has 1 atom stereocenters. The van der Waals surface area contributed by atoms with E-state index < -0.39 is 0 Å². The number of allylic oxidation sites excluding steroid dienone is 1. The van der Waals surface area contributed by atoms with E-state index in [-0.39, 0.29) is 6.04 Å². The second kappa shape index (κ2) is 9.84. The van der Waals surface area contributed by atoms with E-state index in [2.05, 4.69) is 78.6 Å². The van der Waals surface area contributed by atoms with Crippen LogP contribution >= 0.6 is 12.2 Å². The summed E-state index contributed by atoms with van der Waals surface area (Å²) in [4.78, 5) is 6.94. The molecule has 0 fully saturated rings. The Hall–Kier alpha value is -3.77. The van der Waals surface area contributed by atoms with E-state index in [4.69, 9.17) is 21.7 Å². The summed E-state index contributed by atoms with van der Waals surface area (Å²) in [6.45, 7) is 7.09. The maximum atomic E-state index is 5.85. The molecule has 0 saturated carbocycles. The number of hydrogen-bond acceptors (Lipinski definition) is 4. The van der Waals surface area contributed by atoms with Gasteiger partial charge >= 0.3 is 0 Å². The van der Waals surface area contributed by atoms with Crippen LogP contribution in [0.15, 0.2) is 89.1 Å². The number of benzene rings is 3. The summed E-state index contributed by atoms with van der Waals surface area (Å²) in [6, 6.07) is 26.6. The summed E-state index contributed by atoms with van der Waals surface area (Å²) in [5.74, 6) is 1.08. The number of aromatic nitrogens is 2. The smallest absolute Gasteiger partial charge is 0.258 e. The van der Waals surface area contributed by atoms with Crippen LogP contribution in [-0.4, -0.2) is 26.7 Å². The fraction of sp³-hybridized carbons (Fsp3) is 0.207. The van der Waals surface area contributed by atoms with Crippen molar-refractivity contribution in [1.29, 1.82) is 0 Å². The first-order chi connectivity index (χ1) is 17.0. The van der Waals surface area contributed by atoms with Crippen molar-refractivity contribution in [1.82, 2.24) is 20.4 Å². The van der Waals surface area contributed by atoms with Crippen molar-refractivity contribution in [2.45, 2.75) is 33.2 Å². The van der Waals surface area contributed by atoms with E-state index in [0.717, 1.165) is 35.4 Å². The van der Waals surface area contributed by atoms with E-state index >= 15 is 0 Å². The third-order valence-corrected chi connectivity index (χ3v) is 6.95. The molecule has 1 unspecified atom stereocenters. The van der Waals surface area contributed by atoms with Crippen LogP contribution in [0.4, 0.5) is 0 Å². The Labute approximate surface area is 211 Å². The topological polar surface area (TPSA) is 54.2 Å². The van der Waals surface area contributed by atoms with E-state index in [1.54, 1.807) is 0 Å². The Morgan fingerprint density at radius 1 is 0.914 bits per heavy atom. The molecule has 0 radical (unpaired) electrons. The lowest BCUT2D eigenvalue weighted by atomic mass is 9.92. The third-order valence-electron chi connectivity index (χ3n) is 6.62. The highest BCUT2D eigenvalue weighted by Crippen LogP contribution is 2.38. The number of thiocarbonyl (C=S) groups is 1. The van der Waals surface area contributed by atoms with E-state index in [9.17, 15) is 0 Å². The van der Waals surface area contributed by atoms with Crippen molar-refractivity contribution in [3.63, 3.8) is 0 Å². The van der Waals surface area contributed by atoms with Crippen molar-refractivity contribution in [2.24, 2.45) is 0 Å². The number of rotatable bonds is 6. The van der Waals surface area contributed by atoms with Crippen LogP contribution in [0, 0.1) is 13.8 Å². The lowest BCUT2D eigenvalue weighted by Crippen LogP contribution is -2.46. The Bertz CT molecular complexity index is 1380. The number of aryl methyl sites for hydroxylation is 2. The van der Waals surface area contributed by atoms with Crippen molar-refractivity contribution in [3.05, 3.63) is 113 Å². The second-order valence-corrected chi connectivity index (χ2v) is 9.29. The summed E-state index contributed by atoms with van der Waals surface area (Å²) in [7, 11) is 0. The number of hydrogen-bond donors (Lipinski definition) is 1. The van der Waals surface area contributed by atoms with Gasteiger partial charge in [0, 0.05) is 17.8 Å². The molecule has 2 heterocycles. The molecule has 6 heteroatoms. The van der Waals surface area contributed by atoms with E-state index in [1.165, 1.54) is 16.7 Å². The van der Waals surface area contributed by atoms with Crippen LogP contribution in [0.5, 0.6) is 0 Å². The first-order valence-electron chi connectivity index (χ1n) is 11.8. The van der Waals surface area contributed by atoms with Crippen LogP contribution in [0.2, 0.25) is 0 Å². The highest BCUT2D eigenvalue weighted by molar-refractivity contribution is 7.80. The summed E-state index contributed by atoms with van der Waals surface area (Å²) >= 11 is 5.85. The van der Waals surface area contributed by atoms with Gasteiger partial charge in [-0.1, -0.05) is 84.0 Å². The zero-order valence-corrected chi connectivity index (χ0v) is 21.0. The summed E-state index contributed by atoms with van der Waals surface area (Å²) in [6.07, 6.45) is 0.876. The van der Waals surface area contributed by atoms with Crippen LogP contribution in [0.1, 0.15) is 41.1 Å². The summed E-state index contributed by atoms with van der Waals surface area (Å²) in [5, 5.41) is 8.56. The minimum atomic E-state index is -0.182. The standard InChI is InChI=1S/C29H28N4OS/c1-19-14-15-24(18-20(19)2)26-25(28-31-27(32-34-28)23-12-8-5-9-13-23)21(3)33(29(35)30-26)17-16-22-10-6-4-7-11-22/h4-15,18,26H,16-17H2,1-3H3,(H,30,35). The molecular weight excluding hydrogens is 452 g/mol. The lowest BCUT2D eigenvalue weighted by molar-refractivity contribution is 0.397. The number of nitrogens with one attached hydrogen (secondary N) is 1. The second-order valence-electron chi connectivity index (χ2n) is 8.90. The molecule has 0 aliphatic carbocycles. The first-order valence-corrected chi connectivity index (χ1v) is 12.2. The normalized spacial score (nSPS) is 15.9. The quantitative estimate of drug-likeness (QED) is 0.329. The minimum Gasteiger partial charge on any atom is -0.351 e. The van der Waals surface area contributed by atoms with Crippen molar-refractivity contribution in [3.8, 4) is 11.4 Å². The van der Waals surface area contributed by atoms with Gasteiger partial charge in [-0.05, 0) is 61.7 Å². The Kier molecular flexibility index (Phi) is 6.47. The molecule has 1 aliphatic rings. The average Bonchev–Trinajstić information content (AvgIpc) is 3.36. The zero-order chi connectivity index (χ0) is 24.4. The molecule has 1 N–H and O–H groups in total. The van der Waals surface area contributed by atoms with Gasteiger partial charge in [-0.25, -0.2) is 0 Å². The predicted octanol–water partition coefficient (Wildman–Crippen LogP) is 6.26. The van der Waals surface area contributed by atoms with Crippen molar-refractivity contribution >= 4 is 22.9 Å². The van der Waals surface area contributed by atoms with Gasteiger partial charge in [-0.15, -0.1) is 0 Å². The molecule has 1 aliphatic heterocycles. The number of nitrogens with zero attached hydrogens (tertiary/aromatic N) is 3. The molecule has 5 rings (SSSR count). The molecule has 0 saturated heterocycles. The molecular formula is C29H28N4OS. The van der Waals surface area contributed by atoms with Crippen molar-refractivity contribution in [2.75, 3.05) is 6.54 Å². The fourth-order valence-electron chi connectivity index (χ4n) is 4.44. The Morgan fingerprint density at radius 2 is 1.63 bits per heavy atom. The molecule has 0 spiro atoms. The molecule has 176 valence electrons. The van der Waals surface area contributed by atoms with Gasteiger partial charge in [0.25, 0.3) is 5.89 Å². The zero-order valence-electron chi connectivity index (χ0n) is 20.2. The highest BCUT2D eigenvalue weighted by Gasteiger charge is 2.34. The van der Waals surface area contributed by atoms with Gasteiger partial charge in [-0.2, -0.15) is 4.98 Å². The largest absolute Gasteiger partial charge is 0.351 e. The van der Waals surface area contributed by atoms with Crippen LogP contribution < -0.4 is 5.32 Å². The van der Waals surface area contributed by atoms with Gasteiger partial charge in [0.2, 0.25) is 5.82 Å². The van der Waals surface area contributed by atoms with E-state index in [0.29, 0.717) is 16.8 Å². The summed E-state index contributed by atoms with van der Waals surface area (Å²) in [5.41, 5.74) is 7.76. The third kappa shape index (κ3) is 4.75. The van der Waals surface area contributed by atoms with Crippen molar-refractivity contribution < 1.29 is 4.52 Å². The maximum Gasteiger partial charge on any atom is 0.258 e. The highest BCUT2D eigenvalue weighted by atomic mass is 32.1. The molecule has 0 bridgehead atoms. The first kappa shape index (κ1) is 23.0. The Balaban J connectivity index is 1.56. The van der Waals surface area contributed by atoms with E-state index in [1.807, 2.05) is 36.4 Å². The van der Waals surface area contributed by atoms with Crippen LogP contribution in [0.3, 0.4) is 0 Å². The predicted molar refractivity (Wildman–Crippen MR) is 144 cm³/mol. The lowest BCUT2D eigenvalue weighted by Gasteiger charge is -2.37. The monoisotopic (exact) mass is 480 g/mol. The van der Waals surface area contributed by atoms with Gasteiger partial charge in [0.05, 0.1) is 11.6 Å². The fourth-order valence-corrected chi connectivity index (χ4v) is 4.79. The van der Waals surface area contributed by atoms with Crippen LogP contribution in [-0.2, 0) is 6.42 Å². The molecule has 3 aromatic carbocycles. The summed E-state index contributed by atoms with van der Waals surface area (Å²) < 4.78 is 5.85. The minimum absolute atomic E-state index is 0.182. The molecule has 4 aromatic rings. The molecule has 35 heavy (non-hydrogen) atoms. The van der Waals surface area contributed by atoms with Gasteiger partial charge in [0.1, 0.15) is 0 Å².